The lowest BCUT2D eigenvalue weighted by molar-refractivity contribution is 0.122. The highest BCUT2D eigenvalue weighted by Crippen LogP contribution is 2.28. The van der Waals surface area contributed by atoms with E-state index in [1.807, 2.05) is 10.6 Å². The van der Waals surface area contributed by atoms with E-state index in [0.717, 1.165) is 6.42 Å². The molecule has 0 aliphatic carbocycles. The molecular weight excluding hydrogens is 474 g/mol. The third-order valence-electron chi connectivity index (χ3n) is 5.64. The van der Waals surface area contributed by atoms with E-state index in [1.165, 1.54) is 30.0 Å². The van der Waals surface area contributed by atoms with Gasteiger partial charge in [-0.1, -0.05) is 35.1 Å². The molecule has 8 nitrogen and oxygen atoms in total. The molecule has 1 saturated heterocycles. The molecule has 0 spiro atoms. The summed E-state index contributed by atoms with van der Waals surface area (Å²) >= 11 is 1.53. The molecule has 2 aromatic heterocycles. The molecule has 182 valence electrons. The van der Waals surface area contributed by atoms with Gasteiger partial charge in [0, 0.05) is 30.8 Å². The van der Waals surface area contributed by atoms with Crippen LogP contribution in [0, 0.1) is 18.6 Å². The van der Waals surface area contributed by atoms with Crippen LogP contribution >= 0.6 is 11.8 Å². The fourth-order valence-corrected chi connectivity index (χ4v) is 4.64. The molecule has 1 fully saturated rings. The fraction of sp³-hybridized carbons (Fsp3) is 0.333. The highest BCUT2D eigenvalue weighted by Gasteiger charge is 2.22. The molecule has 0 amide bonds. The summed E-state index contributed by atoms with van der Waals surface area (Å²) in [4.78, 5) is 6.49. The summed E-state index contributed by atoms with van der Waals surface area (Å²) in [6, 6.07) is 11.3. The minimum absolute atomic E-state index is 0.302. The third-order valence-corrected chi connectivity index (χ3v) is 6.66. The molecule has 11 heteroatoms. The molecule has 1 aliphatic heterocycles. The van der Waals surface area contributed by atoms with Crippen LogP contribution in [0.5, 0.6) is 0 Å². The Bertz CT molecular complexity index is 1300. The first-order valence-corrected chi connectivity index (χ1v) is 12.3. The van der Waals surface area contributed by atoms with Gasteiger partial charge < -0.3 is 14.2 Å². The van der Waals surface area contributed by atoms with Gasteiger partial charge in [-0.15, -0.1) is 10.2 Å². The Balaban J connectivity index is 1.26. The van der Waals surface area contributed by atoms with Crippen molar-refractivity contribution in [2.75, 3.05) is 37.0 Å². The number of hydrogen-bond acceptors (Lipinski definition) is 8. The van der Waals surface area contributed by atoms with Crippen LogP contribution in [-0.4, -0.2) is 57.0 Å². The summed E-state index contributed by atoms with van der Waals surface area (Å²) in [7, 11) is 0. The second kappa shape index (κ2) is 10.5. The number of nitrogens with zero attached hydrogens (tertiary/aromatic N) is 6. The number of morpholine rings is 1. The molecule has 0 saturated carbocycles. The van der Waals surface area contributed by atoms with Crippen LogP contribution in [0.1, 0.15) is 17.9 Å². The summed E-state index contributed by atoms with van der Waals surface area (Å²) < 4.78 is 40.5. The smallest absolute Gasteiger partial charge is 0.232 e. The van der Waals surface area contributed by atoms with Crippen LogP contribution in [0.4, 0.5) is 14.7 Å². The van der Waals surface area contributed by atoms with E-state index in [0.29, 0.717) is 78.1 Å². The van der Waals surface area contributed by atoms with Crippen LogP contribution in [0.25, 0.3) is 17.1 Å². The zero-order valence-corrected chi connectivity index (χ0v) is 20.0. The molecule has 5 rings (SSSR count). The van der Waals surface area contributed by atoms with E-state index < -0.39 is 0 Å². The molecule has 0 atom stereocenters. The lowest BCUT2D eigenvalue weighted by Crippen LogP contribution is -2.37. The summed E-state index contributed by atoms with van der Waals surface area (Å²) in [5, 5.41) is 13.4. The molecule has 0 radical (unpaired) electrons. The lowest BCUT2D eigenvalue weighted by Gasteiger charge is -2.27. The number of aromatic nitrogens is 5. The van der Waals surface area contributed by atoms with E-state index in [1.54, 1.807) is 25.1 Å². The van der Waals surface area contributed by atoms with E-state index >= 15 is 0 Å². The predicted molar refractivity (Wildman–Crippen MR) is 128 cm³/mol. The molecule has 2 aromatic carbocycles. The first-order valence-electron chi connectivity index (χ1n) is 11.3. The van der Waals surface area contributed by atoms with Crippen LogP contribution < -0.4 is 4.90 Å². The first kappa shape index (κ1) is 23.4. The van der Waals surface area contributed by atoms with Crippen molar-refractivity contribution in [1.29, 1.82) is 0 Å². The van der Waals surface area contributed by atoms with E-state index in [4.69, 9.17) is 9.26 Å². The maximum absolute atomic E-state index is 14.0. The zero-order chi connectivity index (χ0) is 24.2. The largest absolute Gasteiger partial charge is 0.378 e. The molecule has 3 heterocycles. The third kappa shape index (κ3) is 5.35. The second-order valence-electron chi connectivity index (χ2n) is 8.12. The van der Waals surface area contributed by atoms with Crippen LogP contribution in [0.15, 0.2) is 52.1 Å². The molecular formula is C24H24F2N6O2S. The minimum Gasteiger partial charge on any atom is -0.378 e. The number of anilines is 1. The standard InChI is InChI=1S/C24H24F2N6O2S/c1-16-7-8-17(14-20(16)26)22-27-21(34-30-22)6-3-13-35-24-29-28-23(31-9-11-33-12-10-31)32(24)19-5-2-4-18(25)15-19/h2,4-5,7-8,14-15H,3,6,9-13H2,1H3. The monoisotopic (exact) mass is 498 g/mol. The average molecular weight is 499 g/mol. The molecule has 0 bridgehead atoms. The molecule has 35 heavy (non-hydrogen) atoms. The van der Waals surface area contributed by atoms with Gasteiger partial charge in [-0.3, -0.25) is 4.57 Å². The van der Waals surface area contributed by atoms with Gasteiger partial charge in [-0.05, 0) is 43.2 Å². The number of hydrogen-bond donors (Lipinski definition) is 0. The second-order valence-corrected chi connectivity index (χ2v) is 9.19. The van der Waals surface area contributed by atoms with Crippen molar-refractivity contribution >= 4 is 17.7 Å². The highest BCUT2D eigenvalue weighted by atomic mass is 32.2. The summed E-state index contributed by atoms with van der Waals surface area (Å²) in [5.41, 5.74) is 1.82. The average Bonchev–Trinajstić information content (AvgIpc) is 3.51. The van der Waals surface area contributed by atoms with E-state index in [-0.39, 0.29) is 11.6 Å². The maximum Gasteiger partial charge on any atom is 0.232 e. The predicted octanol–water partition coefficient (Wildman–Crippen LogP) is 4.47. The van der Waals surface area contributed by atoms with Crippen molar-refractivity contribution < 1.29 is 18.0 Å². The Hall–Kier alpha value is -3.31. The Morgan fingerprint density at radius 2 is 1.91 bits per heavy atom. The molecule has 0 N–H and O–H groups in total. The SMILES string of the molecule is Cc1ccc(-c2noc(CCCSc3nnc(N4CCOCC4)n3-c3cccc(F)c3)n2)cc1F. The van der Waals surface area contributed by atoms with Gasteiger partial charge in [-0.25, -0.2) is 8.78 Å². The molecule has 0 unspecified atom stereocenters. The summed E-state index contributed by atoms with van der Waals surface area (Å²) in [6.07, 6.45) is 1.32. The highest BCUT2D eigenvalue weighted by molar-refractivity contribution is 7.99. The van der Waals surface area contributed by atoms with Gasteiger partial charge in [0.05, 0.1) is 18.9 Å². The van der Waals surface area contributed by atoms with Gasteiger partial charge in [0.2, 0.25) is 17.7 Å². The molecule has 1 aliphatic rings. The Labute approximate surface area is 205 Å². The Kier molecular flexibility index (Phi) is 7.05. The number of thioether (sulfide) groups is 1. The fourth-order valence-electron chi connectivity index (χ4n) is 3.76. The van der Waals surface area contributed by atoms with Crippen molar-refractivity contribution in [3.8, 4) is 17.1 Å². The quantitative estimate of drug-likeness (QED) is 0.260. The molecule has 4 aromatic rings. The number of halogens is 2. The van der Waals surface area contributed by atoms with Gasteiger partial charge in [0.15, 0.2) is 5.16 Å². The number of aryl methyl sites for hydroxylation is 2. The number of rotatable bonds is 8. The number of benzene rings is 2. The van der Waals surface area contributed by atoms with Crippen molar-refractivity contribution in [2.45, 2.75) is 24.9 Å². The Morgan fingerprint density at radius 3 is 2.71 bits per heavy atom. The van der Waals surface area contributed by atoms with Crippen LogP contribution in [-0.2, 0) is 11.2 Å². The lowest BCUT2D eigenvalue weighted by atomic mass is 10.1. The summed E-state index contributed by atoms with van der Waals surface area (Å²) in [6.45, 7) is 4.32. The van der Waals surface area contributed by atoms with E-state index in [9.17, 15) is 8.78 Å². The first-order chi connectivity index (χ1) is 17.1. The van der Waals surface area contributed by atoms with Crippen LogP contribution in [0.2, 0.25) is 0 Å². The van der Waals surface area contributed by atoms with Gasteiger partial charge in [-0.2, -0.15) is 4.98 Å². The minimum atomic E-state index is -0.319. The van der Waals surface area contributed by atoms with Crippen LogP contribution in [0.3, 0.4) is 0 Å². The zero-order valence-electron chi connectivity index (χ0n) is 19.2. The van der Waals surface area contributed by atoms with Crippen molar-refractivity contribution in [1.82, 2.24) is 24.9 Å². The van der Waals surface area contributed by atoms with Crippen molar-refractivity contribution in [3.05, 3.63) is 65.6 Å². The van der Waals surface area contributed by atoms with Crippen molar-refractivity contribution in [3.63, 3.8) is 0 Å². The summed E-state index contributed by atoms with van der Waals surface area (Å²) in [5.74, 6) is 1.63. The van der Waals surface area contributed by atoms with Gasteiger partial charge >= 0.3 is 0 Å². The Morgan fingerprint density at radius 1 is 1.06 bits per heavy atom. The maximum atomic E-state index is 14.0. The van der Waals surface area contributed by atoms with Gasteiger partial charge in [0.25, 0.3) is 0 Å². The topological polar surface area (TPSA) is 82.1 Å². The van der Waals surface area contributed by atoms with E-state index in [2.05, 4.69) is 25.2 Å². The number of ether oxygens (including phenoxy) is 1. The normalized spacial score (nSPS) is 14.0. The van der Waals surface area contributed by atoms with Gasteiger partial charge in [0.1, 0.15) is 11.6 Å². The van der Waals surface area contributed by atoms with Crippen molar-refractivity contribution in [2.24, 2.45) is 0 Å².